The van der Waals surface area contributed by atoms with Gasteiger partial charge in [0, 0.05) is 26.2 Å². The second-order valence-corrected chi connectivity index (χ2v) is 12.4. The molecule has 0 unspecified atom stereocenters. The number of carbonyl (C=O) groups is 1. The Balaban J connectivity index is 1.40. The lowest BCUT2D eigenvalue weighted by molar-refractivity contribution is -0.275. The van der Waals surface area contributed by atoms with Crippen LogP contribution < -0.4 is 19.7 Å². The maximum absolute atomic E-state index is 13.6. The number of rotatable bonds is 8. The van der Waals surface area contributed by atoms with Crippen molar-refractivity contribution in [2.75, 3.05) is 24.5 Å². The third-order valence-electron chi connectivity index (χ3n) is 6.43. The Morgan fingerprint density at radius 1 is 0.872 bits per heavy atom. The average molecular weight is 720 g/mol. The van der Waals surface area contributed by atoms with Crippen LogP contribution in [0.5, 0.6) is 11.5 Å². The minimum absolute atomic E-state index is 0.0517. The molecule has 1 amide bonds. The van der Waals surface area contributed by atoms with Gasteiger partial charge in [0.1, 0.15) is 17.5 Å². The summed E-state index contributed by atoms with van der Waals surface area (Å²) in [6.45, 7) is -1.32. The first-order chi connectivity index (χ1) is 21.8. The first-order valence-corrected chi connectivity index (χ1v) is 15.1. The lowest BCUT2D eigenvalue weighted by Crippen LogP contribution is -2.60. The molecule has 0 bridgehead atoms. The number of fused-ring (bicyclic) bond motifs is 1. The van der Waals surface area contributed by atoms with Gasteiger partial charge in [0.2, 0.25) is 26.0 Å². The molecule has 1 fully saturated rings. The van der Waals surface area contributed by atoms with E-state index in [9.17, 15) is 52.7 Å². The van der Waals surface area contributed by atoms with Crippen molar-refractivity contribution in [2.45, 2.75) is 36.4 Å². The van der Waals surface area contributed by atoms with Crippen LogP contribution in [0.2, 0.25) is 0 Å². The van der Waals surface area contributed by atoms with Crippen molar-refractivity contribution in [2.24, 2.45) is 0 Å². The fourth-order valence-electron chi connectivity index (χ4n) is 4.42. The summed E-state index contributed by atoms with van der Waals surface area (Å²) in [6, 6.07) is 6.03. The van der Waals surface area contributed by atoms with Crippen molar-refractivity contribution in [3.8, 4) is 11.5 Å². The molecule has 1 aliphatic heterocycles. The quantitative estimate of drug-likeness (QED) is 0.267. The number of amides is 1. The van der Waals surface area contributed by atoms with Crippen LogP contribution in [0, 0.1) is 0 Å². The summed E-state index contributed by atoms with van der Waals surface area (Å²) in [6.07, 6.45) is -14.9. The average Bonchev–Trinajstić information content (AvgIpc) is 3.56. The molecule has 0 spiro atoms. The number of piperazine rings is 1. The van der Waals surface area contributed by atoms with Crippen LogP contribution in [0.3, 0.4) is 0 Å². The molecule has 12 nitrogen and oxygen atoms in total. The molecule has 0 aliphatic carbocycles. The van der Waals surface area contributed by atoms with Crippen LogP contribution in [0.4, 0.5) is 44.6 Å². The van der Waals surface area contributed by atoms with Crippen LogP contribution in [-0.2, 0) is 27.5 Å². The van der Waals surface area contributed by atoms with E-state index >= 15 is 0 Å². The molecule has 47 heavy (non-hydrogen) atoms. The van der Waals surface area contributed by atoms with Crippen molar-refractivity contribution in [1.29, 1.82) is 0 Å². The Morgan fingerprint density at radius 3 is 2.00 bits per heavy atom. The monoisotopic (exact) mass is 719 g/mol. The molecule has 1 N–H and O–H groups in total. The first kappa shape index (κ1) is 34.0. The standard InChI is InChI=1S/C24H18F9N7O5S2/c25-22(26,27)19-35-36-20-40(19)37-21(46-20)38-9-10-39(47(42,43)16-7-5-15(6-8-16)45-24(31,32)33)17(12-38)18(41)34-11-13-1-3-14(4-2-13)44-23(28,29)30/h1-8,17H,9-12H2,(H,34,41)/t17-/m1/s1. The van der Waals surface area contributed by atoms with Crippen molar-refractivity contribution in [3.05, 3.63) is 59.9 Å². The molecule has 0 radical (unpaired) electrons. The van der Waals surface area contributed by atoms with Crippen molar-refractivity contribution < 1.29 is 62.2 Å². The summed E-state index contributed by atoms with van der Waals surface area (Å²) in [5.74, 6) is -3.55. The summed E-state index contributed by atoms with van der Waals surface area (Å²) in [5.41, 5.74) is 0.295. The van der Waals surface area contributed by atoms with Crippen molar-refractivity contribution >= 4 is 37.4 Å². The Kier molecular flexibility index (Phi) is 8.91. The van der Waals surface area contributed by atoms with Gasteiger partial charge in [0.25, 0.3) is 5.82 Å². The zero-order valence-corrected chi connectivity index (χ0v) is 24.6. The Morgan fingerprint density at radius 2 is 1.45 bits per heavy atom. The summed E-state index contributed by atoms with van der Waals surface area (Å²) >= 11 is 0.688. The Hall–Kier alpha value is -4.38. The highest BCUT2D eigenvalue weighted by atomic mass is 32.2. The molecule has 254 valence electrons. The molecule has 23 heteroatoms. The topological polar surface area (TPSA) is 131 Å². The van der Waals surface area contributed by atoms with E-state index in [1.807, 2.05) is 0 Å². The first-order valence-electron chi connectivity index (χ1n) is 12.8. The zero-order valence-electron chi connectivity index (χ0n) is 23.0. The number of benzene rings is 2. The van der Waals surface area contributed by atoms with Gasteiger partial charge in [-0.25, -0.2) is 8.42 Å². The number of halogens is 9. The molecular weight excluding hydrogens is 701 g/mol. The van der Waals surface area contributed by atoms with E-state index in [0.29, 0.717) is 21.4 Å². The van der Waals surface area contributed by atoms with Crippen LogP contribution in [0.1, 0.15) is 11.4 Å². The predicted molar refractivity (Wildman–Crippen MR) is 142 cm³/mol. The molecule has 0 saturated carbocycles. The number of alkyl halides is 9. The molecule has 1 aliphatic rings. The predicted octanol–water partition coefficient (Wildman–Crippen LogP) is 4.20. The fourth-order valence-corrected chi connectivity index (χ4v) is 6.86. The van der Waals surface area contributed by atoms with Crippen molar-refractivity contribution in [1.82, 2.24) is 29.4 Å². The van der Waals surface area contributed by atoms with Crippen LogP contribution in [0.15, 0.2) is 53.4 Å². The number of sulfonamides is 1. The highest BCUT2D eigenvalue weighted by Gasteiger charge is 2.42. The van der Waals surface area contributed by atoms with E-state index in [2.05, 4.69) is 30.1 Å². The molecule has 2 aromatic carbocycles. The van der Waals surface area contributed by atoms with Crippen LogP contribution in [0.25, 0.3) is 4.96 Å². The highest BCUT2D eigenvalue weighted by molar-refractivity contribution is 7.89. The van der Waals surface area contributed by atoms with Gasteiger partial charge in [0.05, 0.1) is 4.90 Å². The molecule has 5 rings (SSSR count). The summed E-state index contributed by atoms with van der Waals surface area (Å²) in [4.78, 5) is 14.1. The number of nitrogens with one attached hydrogen (secondary N) is 1. The van der Waals surface area contributed by atoms with E-state index in [0.717, 1.165) is 40.7 Å². The van der Waals surface area contributed by atoms with Gasteiger partial charge in [-0.15, -0.1) is 41.6 Å². The van der Waals surface area contributed by atoms with Gasteiger partial charge in [-0.2, -0.15) is 22.0 Å². The molecule has 4 aromatic rings. The Bertz CT molecular complexity index is 1840. The zero-order chi connectivity index (χ0) is 34.4. The highest BCUT2D eigenvalue weighted by Crippen LogP contribution is 2.33. The number of ether oxygens (including phenoxy) is 2. The van der Waals surface area contributed by atoms with Gasteiger partial charge in [-0.05, 0) is 42.0 Å². The summed E-state index contributed by atoms with van der Waals surface area (Å²) in [7, 11) is -4.58. The minimum atomic E-state index is -5.04. The lowest BCUT2D eigenvalue weighted by atomic mass is 10.2. The lowest BCUT2D eigenvalue weighted by Gasteiger charge is -2.39. The fraction of sp³-hybridized carbons (Fsp3) is 0.333. The summed E-state index contributed by atoms with van der Waals surface area (Å²) in [5, 5.41) is 12.8. The number of aromatic nitrogens is 4. The van der Waals surface area contributed by atoms with E-state index in [1.165, 1.54) is 17.0 Å². The molecular formula is C24H18F9N7O5S2. The maximum atomic E-state index is 13.6. The number of carbonyl (C=O) groups excluding carboxylic acids is 1. The molecule has 1 saturated heterocycles. The second kappa shape index (κ2) is 12.3. The van der Waals surface area contributed by atoms with E-state index in [1.54, 1.807) is 0 Å². The third-order valence-corrected chi connectivity index (χ3v) is 9.31. The van der Waals surface area contributed by atoms with Crippen molar-refractivity contribution in [3.63, 3.8) is 0 Å². The third kappa shape index (κ3) is 7.96. The minimum Gasteiger partial charge on any atom is -0.406 e. The number of hydrogen-bond acceptors (Lipinski definition) is 10. The second-order valence-electron chi connectivity index (χ2n) is 9.61. The van der Waals surface area contributed by atoms with Gasteiger partial charge >= 0.3 is 18.9 Å². The van der Waals surface area contributed by atoms with Gasteiger partial charge in [-0.1, -0.05) is 23.5 Å². The maximum Gasteiger partial charge on any atom is 0.573 e. The van der Waals surface area contributed by atoms with E-state index in [-0.39, 0.29) is 23.2 Å². The van der Waals surface area contributed by atoms with Gasteiger partial charge in [-0.3, -0.25) is 4.79 Å². The normalized spacial score (nSPS) is 16.8. The SMILES string of the molecule is O=C(NCc1ccc(OC(F)(F)F)cc1)[C@H]1CN(c2nn3c(C(F)(F)F)nnc3s2)CCN1S(=O)(=O)c1ccc(OC(F)(F)F)cc1. The van der Waals surface area contributed by atoms with Gasteiger partial charge < -0.3 is 19.7 Å². The number of anilines is 1. The molecule has 2 aromatic heterocycles. The van der Waals surface area contributed by atoms with E-state index in [4.69, 9.17) is 0 Å². The smallest absolute Gasteiger partial charge is 0.406 e. The molecule has 1 atom stereocenters. The Labute approximate surface area is 261 Å². The largest absolute Gasteiger partial charge is 0.573 e. The van der Waals surface area contributed by atoms with Gasteiger partial charge in [0.15, 0.2) is 0 Å². The summed E-state index contributed by atoms with van der Waals surface area (Å²) < 4.78 is 151. The number of nitrogens with zero attached hydrogens (tertiary/aromatic N) is 6. The number of hydrogen-bond donors (Lipinski definition) is 1. The van der Waals surface area contributed by atoms with E-state index < -0.39 is 76.2 Å². The van der Waals surface area contributed by atoms with Crippen LogP contribution >= 0.6 is 11.3 Å². The van der Waals surface area contributed by atoms with Crippen LogP contribution in [-0.4, -0.2) is 76.8 Å². The molecule has 3 heterocycles.